The Balaban J connectivity index is 1.91. The lowest BCUT2D eigenvalue weighted by atomic mass is 9.68. The van der Waals surface area contributed by atoms with Crippen molar-refractivity contribution in [2.24, 2.45) is 23.0 Å². The van der Waals surface area contributed by atoms with E-state index < -0.39 is 6.10 Å². The predicted octanol–water partition coefficient (Wildman–Crippen LogP) is 1.89. The van der Waals surface area contributed by atoms with Gasteiger partial charge in [0.25, 0.3) is 0 Å². The van der Waals surface area contributed by atoms with Gasteiger partial charge in [-0.25, -0.2) is 4.98 Å². The number of hydrogen-bond acceptors (Lipinski definition) is 4. The smallest absolute Gasteiger partial charge is 0.213 e. The summed E-state index contributed by atoms with van der Waals surface area (Å²) in [7, 11) is 1.59. The Labute approximate surface area is 114 Å². The molecule has 2 saturated carbocycles. The molecule has 4 heteroatoms. The second kappa shape index (κ2) is 4.76. The number of ether oxygens (including phenoxy) is 1. The van der Waals surface area contributed by atoms with Gasteiger partial charge in [0, 0.05) is 18.0 Å². The monoisotopic (exact) mass is 262 g/mol. The van der Waals surface area contributed by atoms with Crippen molar-refractivity contribution >= 4 is 0 Å². The van der Waals surface area contributed by atoms with Crippen LogP contribution in [0.15, 0.2) is 18.2 Å². The molecule has 4 unspecified atom stereocenters. The number of aromatic nitrogens is 1. The number of methoxy groups -OCH3 is 1. The molecular formula is C15H22N2O2. The molecule has 19 heavy (non-hydrogen) atoms. The zero-order valence-corrected chi connectivity index (χ0v) is 11.4. The van der Waals surface area contributed by atoms with Crippen LogP contribution in [0.4, 0.5) is 0 Å². The predicted molar refractivity (Wildman–Crippen MR) is 72.7 cm³/mol. The van der Waals surface area contributed by atoms with Gasteiger partial charge >= 0.3 is 0 Å². The van der Waals surface area contributed by atoms with Gasteiger partial charge in [0.15, 0.2) is 0 Å². The van der Waals surface area contributed by atoms with Gasteiger partial charge < -0.3 is 15.6 Å². The van der Waals surface area contributed by atoms with Gasteiger partial charge in [0.1, 0.15) is 6.10 Å². The summed E-state index contributed by atoms with van der Waals surface area (Å²) in [6.45, 7) is 0.536. The first-order chi connectivity index (χ1) is 9.19. The fourth-order valence-corrected chi connectivity index (χ4v) is 4.17. The number of pyridine rings is 1. The minimum Gasteiger partial charge on any atom is -0.481 e. The molecule has 2 fully saturated rings. The van der Waals surface area contributed by atoms with E-state index in [1.807, 2.05) is 12.1 Å². The maximum Gasteiger partial charge on any atom is 0.213 e. The Bertz CT molecular complexity index is 465. The number of aliphatic hydroxyl groups excluding tert-OH is 1. The molecule has 1 aromatic rings. The SMILES string of the molecule is COc1cccc(C(O)C2(CN)CC3CCC2C3)n1. The molecule has 2 aliphatic rings. The van der Waals surface area contributed by atoms with Crippen molar-refractivity contribution in [2.75, 3.05) is 13.7 Å². The van der Waals surface area contributed by atoms with Crippen LogP contribution in [-0.4, -0.2) is 23.7 Å². The van der Waals surface area contributed by atoms with Crippen molar-refractivity contribution in [1.29, 1.82) is 0 Å². The normalized spacial score (nSPS) is 34.5. The van der Waals surface area contributed by atoms with Crippen LogP contribution < -0.4 is 10.5 Å². The molecule has 1 heterocycles. The van der Waals surface area contributed by atoms with Crippen LogP contribution in [-0.2, 0) is 0 Å². The summed E-state index contributed by atoms with van der Waals surface area (Å²) in [5.41, 5.74) is 6.56. The first-order valence-corrected chi connectivity index (χ1v) is 7.08. The van der Waals surface area contributed by atoms with Gasteiger partial charge in [-0.1, -0.05) is 12.5 Å². The maximum absolute atomic E-state index is 10.8. The lowest BCUT2D eigenvalue weighted by molar-refractivity contribution is -0.0159. The molecule has 4 atom stereocenters. The van der Waals surface area contributed by atoms with Gasteiger partial charge in [-0.2, -0.15) is 0 Å². The molecular weight excluding hydrogens is 240 g/mol. The molecule has 104 valence electrons. The van der Waals surface area contributed by atoms with Crippen molar-refractivity contribution in [2.45, 2.75) is 31.8 Å². The van der Waals surface area contributed by atoms with Gasteiger partial charge in [-0.3, -0.25) is 0 Å². The highest BCUT2D eigenvalue weighted by Gasteiger charge is 2.54. The molecule has 4 nitrogen and oxygen atoms in total. The molecule has 0 radical (unpaired) electrons. The molecule has 0 saturated heterocycles. The Kier molecular flexibility index (Phi) is 3.23. The summed E-state index contributed by atoms with van der Waals surface area (Å²) < 4.78 is 5.14. The van der Waals surface area contributed by atoms with Crippen LogP contribution in [0.3, 0.4) is 0 Å². The van der Waals surface area contributed by atoms with E-state index in [9.17, 15) is 5.11 Å². The fraction of sp³-hybridized carbons (Fsp3) is 0.667. The number of hydrogen-bond donors (Lipinski definition) is 2. The van der Waals surface area contributed by atoms with E-state index in [1.54, 1.807) is 13.2 Å². The van der Waals surface area contributed by atoms with Crippen molar-refractivity contribution < 1.29 is 9.84 Å². The molecule has 1 aromatic heterocycles. The van der Waals surface area contributed by atoms with Crippen LogP contribution in [0.1, 0.15) is 37.5 Å². The van der Waals surface area contributed by atoms with Crippen molar-refractivity contribution in [3.05, 3.63) is 23.9 Å². The van der Waals surface area contributed by atoms with E-state index in [0.717, 1.165) is 12.3 Å². The second-order valence-corrected chi connectivity index (χ2v) is 6.02. The minimum atomic E-state index is -0.581. The summed E-state index contributed by atoms with van der Waals surface area (Å²) in [6, 6.07) is 5.55. The highest BCUT2D eigenvalue weighted by atomic mass is 16.5. The molecule has 0 amide bonds. The average molecular weight is 262 g/mol. The quantitative estimate of drug-likeness (QED) is 0.869. The summed E-state index contributed by atoms with van der Waals surface area (Å²) in [5, 5.41) is 10.8. The lowest BCUT2D eigenvalue weighted by Crippen LogP contribution is -2.41. The Morgan fingerprint density at radius 1 is 1.53 bits per heavy atom. The van der Waals surface area contributed by atoms with Gasteiger partial charge in [-0.05, 0) is 37.2 Å². The molecule has 0 aromatic carbocycles. The second-order valence-electron chi connectivity index (χ2n) is 6.02. The topological polar surface area (TPSA) is 68.4 Å². The van der Waals surface area contributed by atoms with Crippen LogP contribution in [0.5, 0.6) is 5.88 Å². The van der Waals surface area contributed by atoms with Crippen LogP contribution in [0.25, 0.3) is 0 Å². The van der Waals surface area contributed by atoms with E-state index in [4.69, 9.17) is 10.5 Å². The van der Waals surface area contributed by atoms with Crippen molar-refractivity contribution in [3.63, 3.8) is 0 Å². The van der Waals surface area contributed by atoms with E-state index in [-0.39, 0.29) is 5.41 Å². The summed E-state index contributed by atoms with van der Waals surface area (Å²) in [4.78, 5) is 4.38. The first-order valence-electron chi connectivity index (χ1n) is 7.08. The molecule has 0 aliphatic heterocycles. The molecule has 2 bridgehead atoms. The summed E-state index contributed by atoms with van der Waals surface area (Å²) >= 11 is 0. The molecule has 0 spiro atoms. The average Bonchev–Trinajstić information content (AvgIpc) is 3.07. The Hall–Kier alpha value is -1.13. The third kappa shape index (κ3) is 1.94. The van der Waals surface area contributed by atoms with Gasteiger partial charge in [-0.15, -0.1) is 0 Å². The fourth-order valence-electron chi connectivity index (χ4n) is 4.17. The zero-order valence-electron chi connectivity index (χ0n) is 11.4. The standard InChI is InChI=1S/C15H22N2O2/c1-19-13-4-2-3-12(17-13)14(18)15(9-16)8-10-5-6-11(15)7-10/h2-4,10-11,14,18H,5-9,16H2,1H3. The minimum absolute atomic E-state index is 0.178. The Morgan fingerprint density at radius 3 is 2.95 bits per heavy atom. The lowest BCUT2D eigenvalue weighted by Gasteiger charge is -2.40. The number of nitrogens with zero attached hydrogens (tertiary/aromatic N) is 1. The molecule has 3 rings (SSSR count). The van der Waals surface area contributed by atoms with Crippen LogP contribution in [0, 0.1) is 17.3 Å². The number of aliphatic hydroxyl groups is 1. The van der Waals surface area contributed by atoms with Crippen molar-refractivity contribution in [3.8, 4) is 5.88 Å². The highest BCUT2D eigenvalue weighted by Crippen LogP contribution is 2.60. The van der Waals surface area contributed by atoms with E-state index >= 15 is 0 Å². The molecule has 3 N–H and O–H groups in total. The van der Waals surface area contributed by atoms with Crippen LogP contribution >= 0.6 is 0 Å². The van der Waals surface area contributed by atoms with E-state index in [2.05, 4.69) is 4.98 Å². The van der Waals surface area contributed by atoms with Crippen molar-refractivity contribution in [1.82, 2.24) is 4.98 Å². The largest absolute Gasteiger partial charge is 0.481 e. The highest BCUT2D eigenvalue weighted by molar-refractivity contribution is 5.21. The van der Waals surface area contributed by atoms with E-state index in [1.165, 1.54) is 19.3 Å². The maximum atomic E-state index is 10.8. The molecule has 2 aliphatic carbocycles. The Morgan fingerprint density at radius 2 is 2.37 bits per heavy atom. The van der Waals surface area contributed by atoms with Gasteiger partial charge in [0.05, 0.1) is 12.8 Å². The van der Waals surface area contributed by atoms with Crippen LogP contribution in [0.2, 0.25) is 0 Å². The summed E-state index contributed by atoms with van der Waals surface area (Å²) in [6.07, 6.45) is 4.17. The first kappa shape index (κ1) is 12.9. The summed E-state index contributed by atoms with van der Waals surface area (Å²) in [5.74, 6) is 1.84. The zero-order chi connectivity index (χ0) is 13.5. The third-order valence-corrected chi connectivity index (χ3v) is 5.18. The number of fused-ring (bicyclic) bond motifs is 2. The number of rotatable bonds is 4. The van der Waals surface area contributed by atoms with Gasteiger partial charge in [0.2, 0.25) is 5.88 Å². The third-order valence-electron chi connectivity index (χ3n) is 5.18. The number of nitrogens with two attached hydrogens (primary N) is 1. The van der Waals surface area contributed by atoms with E-state index in [0.29, 0.717) is 24.0 Å².